The highest BCUT2D eigenvalue weighted by atomic mass is 16.5. The lowest BCUT2D eigenvalue weighted by atomic mass is 9.99. The van der Waals surface area contributed by atoms with Crippen LogP contribution in [0.4, 0.5) is 0 Å². The standard InChI is InChI=1S/C26H29N5O2/c1-6-20(22-16-21(33-17(2)3)13-12-18(22)4)15-23(27-5)29-26(32)25-28-24(30-31-25)14-19-10-8-7-9-11-19/h6-13,15-17H,5,14H2,1-4H3,(H,29,32)(H,28,30,31)/b20-6+,23-15+. The molecule has 0 radical (unpaired) electrons. The van der Waals surface area contributed by atoms with Gasteiger partial charge in [0.1, 0.15) is 17.4 Å². The second-order valence-electron chi connectivity index (χ2n) is 7.80. The summed E-state index contributed by atoms with van der Waals surface area (Å²) in [6.45, 7) is 11.5. The quantitative estimate of drug-likeness (QED) is 0.365. The van der Waals surface area contributed by atoms with Crippen LogP contribution in [0.25, 0.3) is 5.57 Å². The molecule has 0 saturated carbocycles. The van der Waals surface area contributed by atoms with Gasteiger partial charge in [0.25, 0.3) is 5.91 Å². The number of benzene rings is 2. The third kappa shape index (κ3) is 6.49. The number of nitrogens with one attached hydrogen (secondary N) is 2. The number of hydrogen-bond acceptors (Lipinski definition) is 5. The number of aliphatic imine (C=N–C) groups is 1. The maximum Gasteiger partial charge on any atom is 0.296 e. The first-order chi connectivity index (χ1) is 15.9. The molecule has 0 aliphatic carbocycles. The number of aromatic nitrogens is 3. The third-order valence-electron chi connectivity index (χ3n) is 4.86. The van der Waals surface area contributed by atoms with E-state index in [0.717, 1.165) is 28.0 Å². The van der Waals surface area contributed by atoms with Crippen LogP contribution in [0.2, 0.25) is 0 Å². The molecule has 2 aromatic carbocycles. The van der Waals surface area contributed by atoms with Crippen molar-refractivity contribution >= 4 is 18.2 Å². The van der Waals surface area contributed by atoms with Gasteiger partial charge in [-0.1, -0.05) is 42.5 Å². The molecule has 1 heterocycles. The lowest BCUT2D eigenvalue weighted by Gasteiger charge is -2.14. The molecule has 0 aliphatic rings. The second kappa shape index (κ2) is 11.0. The van der Waals surface area contributed by atoms with Gasteiger partial charge in [-0.2, -0.15) is 0 Å². The molecule has 0 saturated heterocycles. The average molecular weight is 444 g/mol. The molecule has 3 aromatic rings. The fourth-order valence-corrected chi connectivity index (χ4v) is 3.28. The molecule has 0 fully saturated rings. The van der Waals surface area contributed by atoms with Crippen LogP contribution in [0, 0.1) is 6.92 Å². The van der Waals surface area contributed by atoms with E-state index in [9.17, 15) is 4.79 Å². The van der Waals surface area contributed by atoms with Crippen molar-refractivity contribution in [2.24, 2.45) is 4.99 Å². The minimum absolute atomic E-state index is 0.0426. The van der Waals surface area contributed by atoms with Gasteiger partial charge < -0.3 is 10.1 Å². The summed E-state index contributed by atoms with van der Waals surface area (Å²) in [5.74, 6) is 1.27. The summed E-state index contributed by atoms with van der Waals surface area (Å²) in [7, 11) is 0. The number of rotatable bonds is 9. The Hall–Kier alpha value is -4.00. The van der Waals surface area contributed by atoms with E-state index in [1.807, 2.05) is 82.3 Å². The Kier molecular flexibility index (Phi) is 7.91. The van der Waals surface area contributed by atoms with Gasteiger partial charge in [0.05, 0.1) is 6.10 Å². The number of aromatic amines is 1. The number of nitrogens with zero attached hydrogens (tertiary/aromatic N) is 3. The van der Waals surface area contributed by atoms with E-state index in [-0.39, 0.29) is 11.9 Å². The van der Waals surface area contributed by atoms with Gasteiger partial charge in [0.2, 0.25) is 5.82 Å². The van der Waals surface area contributed by atoms with Crippen molar-refractivity contribution in [3.63, 3.8) is 0 Å². The Morgan fingerprint density at radius 1 is 1.24 bits per heavy atom. The van der Waals surface area contributed by atoms with E-state index in [0.29, 0.717) is 18.1 Å². The molecular formula is C26H29N5O2. The highest BCUT2D eigenvalue weighted by Gasteiger charge is 2.15. The Labute approximate surface area is 194 Å². The zero-order valence-corrected chi connectivity index (χ0v) is 19.4. The average Bonchev–Trinajstić information content (AvgIpc) is 3.27. The maximum atomic E-state index is 12.7. The monoisotopic (exact) mass is 443 g/mol. The number of H-pyrrole nitrogens is 1. The van der Waals surface area contributed by atoms with Crippen molar-refractivity contribution in [2.75, 3.05) is 0 Å². The summed E-state index contributed by atoms with van der Waals surface area (Å²) >= 11 is 0. The molecule has 1 amide bonds. The molecule has 0 bridgehead atoms. The number of carbonyl (C=O) groups is 1. The fourth-order valence-electron chi connectivity index (χ4n) is 3.28. The van der Waals surface area contributed by atoms with Crippen LogP contribution in [0.3, 0.4) is 0 Å². The summed E-state index contributed by atoms with van der Waals surface area (Å²) in [5, 5.41) is 9.60. The number of hydrogen-bond donors (Lipinski definition) is 2. The maximum absolute atomic E-state index is 12.7. The molecule has 0 spiro atoms. The smallest absolute Gasteiger partial charge is 0.296 e. The van der Waals surface area contributed by atoms with E-state index in [1.165, 1.54) is 0 Å². The molecular weight excluding hydrogens is 414 g/mol. The summed E-state index contributed by atoms with van der Waals surface area (Å²) in [4.78, 5) is 21.0. The van der Waals surface area contributed by atoms with Gasteiger partial charge in [0.15, 0.2) is 0 Å². The highest BCUT2D eigenvalue weighted by molar-refractivity contribution is 5.92. The van der Waals surface area contributed by atoms with Gasteiger partial charge in [0, 0.05) is 6.42 Å². The highest BCUT2D eigenvalue weighted by Crippen LogP contribution is 2.26. The molecule has 0 aliphatic heterocycles. The Bertz CT molecular complexity index is 1180. The number of ether oxygens (including phenoxy) is 1. The summed E-state index contributed by atoms with van der Waals surface area (Å²) in [6.07, 6.45) is 4.34. The molecule has 7 heteroatoms. The van der Waals surface area contributed by atoms with Gasteiger partial charge in [-0.15, -0.1) is 5.10 Å². The van der Waals surface area contributed by atoms with Crippen LogP contribution in [-0.2, 0) is 6.42 Å². The number of carbonyl (C=O) groups excluding carboxylic acids is 1. The molecule has 0 atom stereocenters. The van der Waals surface area contributed by atoms with E-state index in [4.69, 9.17) is 4.74 Å². The minimum atomic E-state index is -0.465. The van der Waals surface area contributed by atoms with Gasteiger partial charge >= 0.3 is 0 Å². The Morgan fingerprint density at radius 3 is 2.67 bits per heavy atom. The summed E-state index contributed by atoms with van der Waals surface area (Å²) in [6, 6.07) is 15.8. The van der Waals surface area contributed by atoms with E-state index >= 15 is 0 Å². The van der Waals surface area contributed by atoms with E-state index in [1.54, 1.807) is 6.08 Å². The van der Waals surface area contributed by atoms with E-state index < -0.39 is 5.91 Å². The van der Waals surface area contributed by atoms with Gasteiger partial charge in [-0.3, -0.25) is 9.89 Å². The minimum Gasteiger partial charge on any atom is -0.491 e. The van der Waals surface area contributed by atoms with Crippen LogP contribution in [0.15, 0.2) is 71.5 Å². The normalized spacial score (nSPS) is 12.0. The number of amides is 1. The van der Waals surface area contributed by atoms with Crippen molar-refractivity contribution in [2.45, 2.75) is 40.2 Å². The first-order valence-electron chi connectivity index (χ1n) is 10.8. The molecule has 3 rings (SSSR count). The zero-order valence-electron chi connectivity index (χ0n) is 19.4. The lowest BCUT2D eigenvalue weighted by molar-refractivity contribution is 0.0955. The fraction of sp³-hybridized carbons (Fsp3) is 0.231. The molecule has 1 aromatic heterocycles. The van der Waals surface area contributed by atoms with Crippen molar-refractivity contribution in [3.05, 3.63) is 94.8 Å². The van der Waals surface area contributed by atoms with Crippen molar-refractivity contribution in [1.82, 2.24) is 20.5 Å². The van der Waals surface area contributed by atoms with Gasteiger partial charge in [-0.25, -0.2) is 9.98 Å². The van der Waals surface area contributed by atoms with Crippen molar-refractivity contribution in [3.8, 4) is 5.75 Å². The predicted molar refractivity (Wildman–Crippen MR) is 131 cm³/mol. The largest absolute Gasteiger partial charge is 0.491 e. The molecule has 33 heavy (non-hydrogen) atoms. The van der Waals surface area contributed by atoms with Crippen molar-refractivity contribution < 1.29 is 9.53 Å². The molecule has 170 valence electrons. The Balaban J connectivity index is 1.76. The summed E-state index contributed by atoms with van der Waals surface area (Å²) in [5.41, 5.74) is 4.01. The lowest BCUT2D eigenvalue weighted by Crippen LogP contribution is -2.23. The number of aryl methyl sites for hydroxylation is 1. The first-order valence-corrected chi connectivity index (χ1v) is 10.8. The molecule has 7 nitrogen and oxygen atoms in total. The number of allylic oxidation sites excluding steroid dienone is 3. The third-order valence-corrected chi connectivity index (χ3v) is 4.86. The summed E-state index contributed by atoms with van der Waals surface area (Å²) < 4.78 is 5.83. The van der Waals surface area contributed by atoms with Crippen LogP contribution < -0.4 is 10.1 Å². The first kappa shape index (κ1) is 23.7. The van der Waals surface area contributed by atoms with Gasteiger partial charge in [-0.05, 0) is 74.9 Å². The van der Waals surface area contributed by atoms with Crippen LogP contribution >= 0.6 is 0 Å². The second-order valence-corrected chi connectivity index (χ2v) is 7.80. The predicted octanol–water partition coefficient (Wildman–Crippen LogP) is 4.87. The molecule has 2 N–H and O–H groups in total. The SMILES string of the molecule is C=N/C(=C\C(=C/C)c1cc(OC(C)C)ccc1C)NC(=O)c1n[nH]c(Cc2ccccc2)n1. The van der Waals surface area contributed by atoms with E-state index in [2.05, 4.69) is 32.2 Å². The molecule has 0 unspecified atom stereocenters. The van der Waals surface area contributed by atoms with Crippen LogP contribution in [-0.4, -0.2) is 33.9 Å². The van der Waals surface area contributed by atoms with Crippen LogP contribution in [0.1, 0.15) is 53.9 Å². The van der Waals surface area contributed by atoms with Crippen LogP contribution in [0.5, 0.6) is 5.75 Å². The van der Waals surface area contributed by atoms with Crippen molar-refractivity contribution in [1.29, 1.82) is 0 Å². The zero-order chi connectivity index (χ0) is 23.8. The Morgan fingerprint density at radius 2 is 2.00 bits per heavy atom. The topological polar surface area (TPSA) is 92.3 Å².